The van der Waals surface area contributed by atoms with Gasteiger partial charge in [-0.2, -0.15) is 15.3 Å². The number of rotatable bonds is 7. The highest BCUT2D eigenvalue weighted by Gasteiger charge is 2.02. The lowest BCUT2D eigenvalue weighted by Crippen LogP contribution is -2.08. The number of anilines is 3. The average molecular weight is 284 g/mol. The molecule has 0 amide bonds. The molecule has 0 aliphatic rings. The van der Waals surface area contributed by atoms with Crippen LogP contribution in [0.1, 0.15) is 12.0 Å². The smallest absolute Gasteiger partial charge is 0.249 e. The molecule has 2 N–H and O–H groups in total. The highest BCUT2D eigenvalue weighted by molar-refractivity contribution is 5.56. The van der Waals surface area contributed by atoms with Crippen LogP contribution < -0.4 is 10.6 Å². The Morgan fingerprint density at radius 3 is 3.10 bits per heavy atom. The minimum Gasteiger partial charge on any atom is -0.385 e. The second-order valence-electron chi connectivity index (χ2n) is 4.26. The van der Waals surface area contributed by atoms with Gasteiger partial charge in [-0.15, -0.1) is 5.10 Å². The first-order valence-corrected chi connectivity index (χ1v) is 6.51. The van der Waals surface area contributed by atoms with Gasteiger partial charge in [0, 0.05) is 25.9 Å². The zero-order valence-electron chi connectivity index (χ0n) is 11.7. The van der Waals surface area contributed by atoms with Crippen molar-refractivity contribution in [2.45, 2.75) is 6.42 Å². The number of benzene rings is 1. The summed E-state index contributed by atoms with van der Waals surface area (Å²) in [5, 5.41) is 22.8. The summed E-state index contributed by atoms with van der Waals surface area (Å²) in [4.78, 5) is 4.30. The van der Waals surface area contributed by atoms with Gasteiger partial charge in [-0.25, -0.2) is 0 Å². The first-order valence-electron chi connectivity index (χ1n) is 6.51. The lowest BCUT2D eigenvalue weighted by atomic mass is 10.2. The van der Waals surface area contributed by atoms with Gasteiger partial charge in [0.25, 0.3) is 0 Å². The molecule has 0 radical (unpaired) electrons. The van der Waals surface area contributed by atoms with Crippen molar-refractivity contribution in [1.82, 2.24) is 15.2 Å². The molecule has 0 aliphatic heterocycles. The molecule has 2 aromatic rings. The number of methoxy groups -OCH3 is 1. The summed E-state index contributed by atoms with van der Waals surface area (Å²) in [6, 6.07) is 9.17. The summed E-state index contributed by atoms with van der Waals surface area (Å²) in [6.07, 6.45) is 2.44. The Kier molecular flexibility index (Phi) is 5.43. The molecule has 7 heteroatoms. The number of aromatic nitrogens is 3. The van der Waals surface area contributed by atoms with E-state index >= 15 is 0 Å². The topological polar surface area (TPSA) is 95.8 Å². The molecule has 1 aromatic carbocycles. The largest absolute Gasteiger partial charge is 0.385 e. The van der Waals surface area contributed by atoms with Crippen molar-refractivity contribution in [2.24, 2.45) is 0 Å². The summed E-state index contributed by atoms with van der Waals surface area (Å²) in [7, 11) is 1.67. The summed E-state index contributed by atoms with van der Waals surface area (Å²) < 4.78 is 4.98. The van der Waals surface area contributed by atoms with E-state index in [1.807, 2.05) is 6.07 Å². The van der Waals surface area contributed by atoms with Crippen LogP contribution in [0.5, 0.6) is 0 Å². The minimum atomic E-state index is 0.377. The van der Waals surface area contributed by atoms with Crippen LogP contribution in [0.2, 0.25) is 0 Å². The summed E-state index contributed by atoms with van der Waals surface area (Å²) >= 11 is 0. The molecule has 0 atom stereocenters. The van der Waals surface area contributed by atoms with E-state index < -0.39 is 0 Å². The van der Waals surface area contributed by atoms with Gasteiger partial charge in [-0.05, 0) is 24.6 Å². The molecule has 0 saturated heterocycles. The molecule has 108 valence electrons. The normalized spacial score (nSPS) is 9.90. The van der Waals surface area contributed by atoms with Crippen LogP contribution in [0.25, 0.3) is 0 Å². The highest BCUT2D eigenvalue weighted by atomic mass is 16.5. The third-order valence-corrected chi connectivity index (χ3v) is 2.64. The fourth-order valence-electron chi connectivity index (χ4n) is 1.67. The Hall–Kier alpha value is -2.72. The van der Waals surface area contributed by atoms with Crippen molar-refractivity contribution < 1.29 is 4.74 Å². The number of nitrogens with one attached hydrogen (secondary N) is 2. The predicted molar refractivity (Wildman–Crippen MR) is 79.2 cm³/mol. The Morgan fingerprint density at radius 1 is 1.38 bits per heavy atom. The van der Waals surface area contributed by atoms with E-state index in [1.54, 1.807) is 31.5 Å². The average Bonchev–Trinajstić information content (AvgIpc) is 2.52. The zero-order chi connectivity index (χ0) is 14.9. The van der Waals surface area contributed by atoms with E-state index in [4.69, 9.17) is 10.00 Å². The van der Waals surface area contributed by atoms with Crippen LogP contribution in [-0.4, -0.2) is 35.4 Å². The first-order chi connectivity index (χ1) is 10.3. The van der Waals surface area contributed by atoms with Crippen LogP contribution in [0, 0.1) is 11.3 Å². The van der Waals surface area contributed by atoms with Crippen molar-refractivity contribution in [1.29, 1.82) is 5.26 Å². The molecular formula is C14H16N6O. The van der Waals surface area contributed by atoms with Gasteiger partial charge in [-0.3, -0.25) is 0 Å². The van der Waals surface area contributed by atoms with E-state index in [1.165, 1.54) is 0 Å². The molecule has 1 aromatic heterocycles. The van der Waals surface area contributed by atoms with Gasteiger partial charge in [0.1, 0.15) is 0 Å². The molecule has 2 rings (SSSR count). The van der Waals surface area contributed by atoms with Crippen molar-refractivity contribution in [3.8, 4) is 6.07 Å². The summed E-state index contributed by atoms with van der Waals surface area (Å²) in [5.74, 6) is 1.02. The Morgan fingerprint density at radius 2 is 2.29 bits per heavy atom. The van der Waals surface area contributed by atoms with Crippen molar-refractivity contribution in [2.75, 3.05) is 30.9 Å². The lowest BCUT2D eigenvalue weighted by Gasteiger charge is -2.07. The van der Waals surface area contributed by atoms with Crippen molar-refractivity contribution in [3.05, 3.63) is 36.0 Å². The number of ether oxygens (including phenoxy) is 1. The minimum absolute atomic E-state index is 0.377. The molecule has 0 bridgehead atoms. The SMILES string of the molecule is COCCCNc1cnnc(Nc2cccc(C#N)c2)n1. The van der Waals surface area contributed by atoms with E-state index in [0.717, 1.165) is 18.7 Å². The quantitative estimate of drug-likeness (QED) is 0.750. The fraction of sp³-hybridized carbons (Fsp3) is 0.286. The van der Waals surface area contributed by atoms with Gasteiger partial charge in [0.15, 0.2) is 5.82 Å². The van der Waals surface area contributed by atoms with Gasteiger partial charge in [-0.1, -0.05) is 6.07 Å². The van der Waals surface area contributed by atoms with Crippen molar-refractivity contribution in [3.63, 3.8) is 0 Å². The number of nitrogens with zero attached hydrogens (tertiary/aromatic N) is 4. The highest BCUT2D eigenvalue weighted by Crippen LogP contribution is 2.14. The van der Waals surface area contributed by atoms with E-state index in [-0.39, 0.29) is 0 Å². The molecule has 0 unspecified atom stereocenters. The van der Waals surface area contributed by atoms with Gasteiger partial charge in [0.05, 0.1) is 17.8 Å². The third-order valence-electron chi connectivity index (χ3n) is 2.64. The third kappa shape index (κ3) is 4.71. The lowest BCUT2D eigenvalue weighted by molar-refractivity contribution is 0.197. The second-order valence-corrected chi connectivity index (χ2v) is 4.26. The molecule has 0 saturated carbocycles. The van der Waals surface area contributed by atoms with E-state index in [2.05, 4.69) is 31.9 Å². The van der Waals surface area contributed by atoms with E-state index in [0.29, 0.717) is 23.9 Å². The van der Waals surface area contributed by atoms with Crippen LogP contribution in [-0.2, 0) is 4.74 Å². The number of nitriles is 1. The molecule has 1 heterocycles. The van der Waals surface area contributed by atoms with E-state index in [9.17, 15) is 0 Å². The zero-order valence-corrected chi connectivity index (χ0v) is 11.7. The summed E-state index contributed by atoms with van der Waals surface area (Å²) in [6.45, 7) is 1.44. The van der Waals surface area contributed by atoms with Gasteiger partial charge < -0.3 is 15.4 Å². The standard InChI is InChI=1S/C14H16N6O/c1-21-7-3-6-16-13-10-17-20-14(19-13)18-12-5-2-4-11(8-12)9-15/h2,4-5,8,10H,3,6-7H2,1H3,(H2,16,18,19,20). The maximum atomic E-state index is 8.87. The second kappa shape index (κ2) is 7.77. The number of hydrogen-bond donors (Lipinski definition) is 2. The maximum Gasteiger partial charge on any atom is 0.249 e. The fourth-order valence-corrected chi connectivity index (χ4v) is 1.67. The van der Waals surface area contributed by atoms with Crippen LogP contribution in [0.4, 0.5) is 17.5 Å². The number of hydrogen-bond acceptors (Lipinski definition) is 7. The van der Waals surface area contributed by atoms with Crippen LogP contribution in [0.15, 0.2) is 30.5 Å². The van der Waals surface area contributed by atoms with Gasteiger partial charge >= 0.3 is 0 Å². The van der Waals surface area contributed by atoms with Crippen LogP contribution >= 0.6 is 0 Å². The van der Waals surface area contributed by atoms with Gasteiger partial charge in [0.2, 0.25) is 5.95 Å². The Bertz CT molecular complexity index is 625. The Balaban J connectivity index is 1.98. The predicted octanol–water partition coefficient (Wildman–Crippen LogP) is 1.94. The summed E-state index contributed by atoms with van der Waals surface area (Å²) in [5.41, 5.74) is 1.31. The monoisotopic (exact) mass is 284 g/mol. The molecule has 21 heavy (non-hydrogen) atoms. The molecular weight excluding hydrogens is 268 g/mol. The molecule has 0 spiro atoms. The first kappa shape index (κ1) is 14.7. The maximum absolute atomic E-state index is 8.87. The van der Waals surface area contributed by atoms with Crippen molar-refractivity contribution >= 4 is 17.5 Å². The molecule has 7 nitrogen and oxygen atoms in total. The molecule has 0 fully saturated rings. The Labute approximate surface area is 123 Å². The molecule has 0 aliphatic carbocycles. The van der Waals surface area contributed by atoms with Crippen LogP contribution in [0.3, 0.4) is 0 Å².